The fourth-order valence-electron chi connectivity index (χ4n) is 5.44. The van der Waals surface area contributed by atoms with Gasteiger partial charge in [0, 0.05) is 34.4 Å². The second-order valence-corrected chi connectivity index (χ2v) is 12.1. The van der Waals surface area contributed by atoms with Crippen LogP contribution in [0.3, 0.4) is 0 Å². The molecule has 3 aromatic carbocycles. The van der Waals surface area contributed by atoms with Crippen LogP contribution in [0.5, 0.6) is 0 Å². The lowest BCUT2D eigenvalue weighted by atomic mass is 9.75. The largest absolute Gasteiger partial charge is 0.362 e. The van der Waals surface area contributed by atoms with E-state index in [2.05, 4.69) is 0 Å². The second-order valence-electron chi connectivity index (χ2n) is 10.2. The number of nitrogens with zero attached hydrogens (tertiary/aromatic N) is 2. The van der Waals surface area contributed by atoms with Crippen LogP contribution < -0.4 is 14.9 Å². The number of hydrogen-bond donors (Lipinski definition) is 1. The van der Waals surface area contributed by atoms with Crippen LogP contribution in [-0.2, 0) is 21.2 Å². The lowest BCUT2D eigenvalue weighted by molar-refractivity contribution is -0.126. The minimum atomic E-state index is -4.30. The van der Waals surface area contributed by atoms with Gasteiger partial charge in [0.25, 0.3) is 0 Å². The SMILES string of the molecule is C[C@@H]1Cc2cc(F)c(S(N)(=O)=O)cc2N1C(=O)[C@@H]1CN(c2ccc(-c3ccccc3Cl)cc2F)C1(C)C. The normalized spacial score (nSPS) is 20.5. The smallest absolute Gasteiger partial charge is 0.241 e. The van der Waals surface area contributed by atoms with Crippen LogP contribution in [0.1, 0.15) is 26.3 Å². The van der Waals surface area contributed by atoms with Gasteiger partial charge in [0.1, 0.15) is 16.5 Å². The number of benzene rings is 3. The van der Waals surface area contributed by atoms with Crippen molar-refractivity contribution in [3.63, 3.8) is 0 Å². The highest BCUT2D eigenvalue weighted by Gasteiger charge is 2.53. The number of nitrogens with two attached hydrogens (primary N) is 1. The van der Waals surface area contributed by atoms with E-state index < -0.39 is 38.0 Å². The molecule has 1 amide bonds. The van der Waals surface area contributed by atoms with Gasteiger partial charge in [-0.25, -0.2) is 22.3 Å². The van der Waals surface area contributed by atoms with Crippen molar-refractivity contribution >= 4 is 38.9 Å². The fourth-order valence-corrected chi connectivity index (χ4v) is 6.29. The molecule has 1 fully saturated rings. The van der Waals surface area contributed by atoms with E-state index >= 15 is 4.39 Å². The number of primary sulfonamides is 1. The molecule has 2 atom stereocenters. The van der Waals surface area contributed by atoms with Gasteiger partial charge in [-0.3, -0.25) is 4.79 Å². The average molecular weight is 546 g/mol. The van der Waals surface area contributed by atoms with Gasteiger partial charge < -0.3 is 9.80 Å². The highest BCUT2D eigenvalue weighted by atomic mass is 35.5. The minimum Gasteiger partial charge on any atom is -0.362 e. The molecule has 2 aliphatic heterocycles. The molecule has 0 unspecified atom stereocenters. The Morgan fingerprint density at radius 2 is 1.76 bits per heavy atom. The molecular weight excluding hydrogens is 520 g/mol. The molecule has 0 bridgehead atoms. The summed E-state index contributed by atoms with van der Waals surface area (Å²) in [6.07, 6.45) is 0.387. The fraction of sp³-hybridized carbons (Fsp3) is 0.296. The van der Waals surface area contributed by atoms with Crippen LogP contribution in [-0.4, -0.2) is 32.5 Å². The van der Waals surface area contributed by atoms with Crippen molar-refractivity contribution in [1.82, 2.24) is 0 Å². The predicted molar refractivity (Wildman–Crippen MR) is 140 cm³/mol. The van der Waals surface area contributed by atoms with E-state index in [1.807, 2.05) is 43.9 Å². The molecule has 10 heteroatoms. The standard InChI is InChI=1S/C27H26ClF2N3O3S/c1-15-10-17-12-22(30)25(37(31,35)36)13-24(17)33(15)26(34)19-14-32(27(19,2)3)23-9-8-16(11-21(23)29)18-6-4-5-7-20(18)28/h4-9,11-13,15,19H,10,14H2,1-3H3,(H2,31,35,36)/t15-,19+/m1/s1. The van der Waals surface area contributed by atoms with Gasteiger partial charge in [-0.2, -0.15) is 0 Å². The third-order valence-electron chi connectivity index (χ3n) is 7.53. The topological polar surface area (TPSA) is 83.7 Å². The molecule has 5 rings (SSSR count). The van der Waals surface area contributed by atoms with Crippen molar-refractivity contribution in [1.29, 1.82) is 0 Å². The molecule has 0 aliphatic carbocycles. The van der Waals surface area contributed by atoms with E-state index in [4.69, 9.17) is 16.7 Å². The third kappa shape index (κ3) is 4.19. The molecule has 0 radical (unpaired) electrons. The molecule has 2 heterocycles. The maximum atomic E-state index is 15.3. The second kappa shape index (κ2) is 8.79. The first kappa shape index (κ1) is 25.6. The number of fused-ring (bicyclic) bond motifs is 1. The molecule has 0 saturated carbocycles. The quantitative estimate of drug-likeness (QED) is 0.493. The van der Waals surface area contributed by atoms with Crippen molar-refractivity contribution in [2.24, 2.45) is 11.1 Å². The first-order valence-electron chi connectivity index (χ1n) is 11.8. The van der Waals surface area contributed by atoms with Gasteiger partial charge in [-0.15, -0.1) is 0 Å². The van der Waals surface area contributed by atoms with Crippen molar-refractivity contribution < 1.29 is 22.0 Å². The molecule has 2 aliphatic rings. The zero-order valence-electron chi connectivity index (χ0n) is 20.5. The monoisotopic (exact) mass is 545 g/mol. The molecule has 0 spiro atoms. The van der Waals surface area contributed by atoms with Gasteiger partial charge in [0.15, 0.2) is 0 Å². The molecule has 3 aromatic rings. The summed E-state index contributed by atoms with van der Waals surface area (Å²) in [5, 5.41) is 5.70. The minimum absolute atomic E-state index is 0.229. The van der Waals surface area contributed by atoms with E-state index in [1.54, 1.807) is 18.2 Å². The van der Waals surface area contributed by atoms with Crippen LogP contribution in [0.15, 0.2) is 59.5 Å². The first-order valence-corrected chi connectivity index (χ1v) is 13.7. The zero-order valence-corrected chi connectivity index (χ0v) is 22.1. The number of hydrogen-bond acceptors (Lipinski definition) is 4. The number of halogens is 3. The van der Waals surface area contributed by atoms with Gasteiger partial charge in [0.2, 0.25) is 15.9 Å². The molecular formula is C27H26ClF2N3O3S. The summed E-state index contributed by atoms with van der Waals surface area (Å²) in [5.41, 5.74) is 1.90. The Labute approximate surface area is 219 Å². The van der Waals surface area contributed by atoms with Crippen molar-refractivity contribution in [3.8, 4) is 11.1 Å². The van der Waals surface area contributed by atoms with Gasteiger partial charge in [-0.1, -0.05) is 35.9 Å². The lowest BCUT2D eigenvalue weighted by Crippen LogP contribution is -2.69. The highest BCUT2D eigenvalue weighted by Crippen LogP contribution is 2.45. The van der Waals surface area contributed by atoms with E-state index in [0.717, 1.165) is 17.7 Å². The van der Waals surface area contributed by atoms with Gasteiger partial charge in [0.05, 0.1) is 11.6 Å². The molecule has 6 nitrogen and oxygen atoms in total. The van der Waals surface area contributed by atoms with Crippen LogP contribution >= 0.6 is 11.6 Å². The van der Waals surface area contributed by atoms with Crippen LogP contribution in [0.25, 0.3) is 11.1 Å². The molecule has 37 heavy (non-hydrogen) atoms. The Balaban J connectivity index is 1.42. The van der Waals surface area contributed by atoms with Crippen LogP contribution in [0.4, 0.5) is 20.2 Å². The number of amides is 1. The zero-order chi connectivity index (χ0) is 26.9. The van der Waals surface area contributed by atoms with E-state index in [1.165, 1.54) is 11.0 Å². The number of rotatable bonds is 4. The van der Waals surface area contributed by atoms with Crippen molar-refractivity contribution in [2.75, 3.05) is 16.3 Å². The maximum Gasteiger partial charge on any atom is 0.241 e. The predicted octanol–water partition coefficient (Wildman–Crippen LogP) is 5.13. The van der Waals surface area contributed by atoms with Crippen molar-refractivity contribution in [3.05, 3.63) is 76.8 Å². The highest BCUT2D eigenvalue weighted by molar-refractivity contribution is 7.89. The molecule has 0 aromatic heterocycles. The van der Waals surface area contributed by atoms with Crippen molar-refractivity contribution in [2.45, 2.75) is 43.7 Å². The van der Waals surface area contributed by atoms with Gasteiger partial charge >= 0.3 is 0 Å². The number of sulfonamides is 1. The summed E-state index contributed by atoms with van der Waals surface area (Å²) in [5.74, 6) is -2.09. The van der Waals surface area contributed by atoms with E-state index in [9.17, 15) is 17.6 Å². The lowest BCUT2D eigenvalue weighted by Gasteiger charge is -2.56. The Kier molecular flexibility index (Phi) is 6.09. The summed E-state index contributed by atoms with van der Waals surface area (Å²) in [7, 11) is -4.30. The Morgan fingerprint density at radius 1 is 1.05 bits per heavy atom. The summed E-state index contributed by atoms with van der Waals surface area (Å²) >= 11 is 6.27. The van der Waals surface area contributed by atoms with E-state index in [-0.39, 0.29) is 18.5 Å². The Bertz CT molecular complexity index is 1540. The average Bonchev–Trinajstić information content (AvgIpc) is 3.13. The van der Waals surface area contributed by atoms with Gasteiger partial charge in [-0.05, 0) is 68.7 Å². The number of carbonyl (C=O) groups is 1. The maximum absolute atomic E-state index is 15.3. The Morgan fingerprint density at radius 3 is 2.38 bits per heavy atom. The Hall–Kier alpha value is -3.01. The summed E-state index contributed by atoms with van der Waals surface area (Å²) < 4.78 is 53.4. The summed E-state index contributed by atoms with van der Waals surface area (Å²) in [6, 6.07) is 14.1. The van der Waals surface area contributed by atoms with Crippen LogP contribution in [0, 0.1) is 17.6 Å². The molecule has 194 valence electrons. The number of carbonyl (C=O) groups excluding carboxylic acids is 1. The summed E-state index contributed by atoms with van der Waals surface area (Å²) in [4.78, 5) is 16.4. The third-order valence-corrected chi connectivity index (χ3v) is 8.78. The first-order chi connectivity index (χ1) is 17.3. The van der Waals surface area contributed by atoms with E-state index in [0.29, 0.717) is 33.9 Å². The molecule has 1 saturated heterocycles. The summed E-state index contributed by atoms with van der Waals surface area (Å²) in [6.45, 7) is 5.82. The molecule has 2 N–H and O–H groups in total. The number of anilines is 2. The van der Waals surface area contributed by atoms with Crippen LogP contribution in [0.2, 0.25) is 5.02 Å².